The quantitative estimate of drug-likeness (QED) is 0.351. The molecule has 39 heavy (non-hydrogen) atoms. The summed E-state index contributed by atoms with van der Waals surface area (Å²) in [5.41, 5.74) is -3.89. The molecular formula is C27H28F5NO5S. The number of carbonyl (C=O) groups excluding carboxylic acids is 1. The first-order chi connectivity index (χ1) is 18.0. The Kier molecular flexibility index (Phi) is 7.33. The number of hydrogen-bond acceptors (Lipinski definition) is 4. The smallest absolute Gasteiger partial charge is 0.426 e. The van der Waals surface area contributed by atoms with E-state index in [-0.39, 0.29) is 48.1 Å². The zero-order valence-corrected chi connectivity index (χ0v) is 22.0. The first-order valence-electron chi connectivity index (χ1n) is 12.4. The highest BCUT2D eigenvalue weighted by molar-refractivity contribution is 7.92. The lowest BCUT2D eigenvalue weighted by Gasteiger charge is -2.42. The average molecular weight is 574 g/mol. The molecule has 2 aliphatic rings. The van der Waals surface area contributed by atoms with E-state index >= 15 is 0 Å². The predicted molar refractivity (Wildman–Crippen MR) is 131 cm³/mol. The minimum Gasteiger partial charge on any atom is -0.481 e. The van der Waals surface area contributed by atoms with E-state index in [0.29, 0.717) is 6.92 Å². The number of nitrogens with one attached hydrogen (secondary N) is 1. The number of benzene rings is 2. The Morgan fingerprint density at radius 3 is 2.33 bits per heavy atom. The topological polar surface area (TPSA) is 101 Å². The highest BCUT2D eigenvalue weighted by Gasteiger charge is 2.62. The van der Waals surface area contributed by atoms with Gasteiger partial charge in [-0.3, -0.25) is 9.59 Å². The summed E-state index contributed by atoms with van der Waals surface area (Å²) in [6.45, 7) is 1.91. The zero-order valence-electron chi connectivity index (χ0n) is 21.2. The number of rotatable bonds is 7. The highest BCUT2D eigenvalue weighted by atomic mass is 32.2. The number of carboxylic acids is 1. The van der Waals surface area contributed by atoms with Gasteiger partial charge >= 0.3 is 12.1 Å². The molecule has 6 nitrogen and oxygen atoms in total. The minimum absolute atomic E-state index is 0.0543. The molecule has 0 radical (unpaired) electrons. The van der Waals surface area contributed by atoms with Gasteiger partial charge in [-0.1, -0.05) is 18.2 Å². The molecule has 0 bridgehead atoms. The number of aliphatic carboxylic acids is 1. The Labute approximate surface area is 222 Å². The molecular weight excluding hydrogens is 545 g/mol. The van der Waals surface area contributed by atoms with Crippen molar-refractivity contribution < 1.29 is 45.1 Å². The first-order valence-corrected chi connectivity index (χ1v) is 13.9. The maximum Gasteiger partial charge on any atom is 0.426 e. The van der Waals surface area contributed by atoms with Gasteiger partial charge in [0.15, 0.2) is 9.84 Å². The average Bonchev–Trinajstić information content (AvgIpc) is 3.24. The maximum atomic E-state index is 14.8. The molecule has 1 saturated carbocycles. The van der Waals surface area contributed by atoms with Gasteiger partial charge in [-0.2, -0.15) is 13.2 Å². The number of fused-ring (bicyclic) bond motifs is 3. The van der Waals surface area contributed by atoms with Gasteiger partial charge in [0.25, 0.3) is 0 Å². The minimum atomic E-state index is -5.19. The predicted octanol–water partition coefficient (Wildman–Crippen LogP) is 5.19. The lowest BCUT2D eigenvalue weighted by atomic mass is 9.72. The number of amides is 1. The Bertz CT molecular complexity index is 1390. The summed E-state index contributed by atoms with van der Waals surface area (Å²) in [5.74, 6) is -3.93. The van der Waals surface area contributed by atoms with E-state index in [2.05, 4.69) is 5.32 Å². The Morgan fingerprint density at radius 2 is 1.74 bits per heavy atom. The fourth-order valence-electron chi connectivity index (χ4n) is 6.11. The number of carbonyl (C=O) groups is 2. The molecule has 4 rings (SSSR count). The third-order valence-corrected chi connectivity index (χ3v) is 10.7. The molecule has 2 aliphatic carbocycles. The standard InChI is InChI=1S/C27H28F5NO5S/c1-15(13-23(34)35)33-24(36)20-11-12-26(39(37,38)19-7-5-18(28)6-8-19)21-10-4-17(25(2,29)27(30,31)32)14-16(21)3-9-22(20)26/h4-8,10,14-15,20,22H,3,9,11-13H2,1-2H3,(H,33,36)(H,34,35)/t15-,20-,22+,25?,26-/m1/s1. The van der Waals surface area contributed by atoms with Crippen LogP contribution in [-0.2, 0) is 36.3 Å². The van der Waals surface area contributed by atoms with Crippen LogP contribution in [0.25, 0.3) is 0 Å². The van der Waals surface area contributed by atoms with E-state index in [0.717, 1.165) is 36.4 Å². The molecule has 0 heterocycles. The van der Waals surface area contributed by atoms with Crippen molar-refractivity contribution in [3.05, 3.63) is 65.0 Å². The van der Waals surface area contributed by atoms with Gasteiger partial charge in [-0.05, 0) is 86.4 Å². The van der Waals surface area contributed by atoms with E-state index < -0.39 is 67.6 Å². The van der Waals surface area contributed by atoms with Crippen LogP contribution in [0.3, 0.4) is 0 Å². The molecule has 2 aromatic rings. The Balaban J connectivity index is 1.84. The number of aryl methyl sites for hydroxylation is 1. The van der Waals surface area contributed by atoms with E-state index in [1.165, 1.54) is 13.0 Å². The molecule has 0 aliphatic heterocycles. The van der Waals surface area contributed by atoms with Gasteiger partial charge < -0.3 is 10.4 Å². The van der Waals surface area contributed by atoms with Crippen molar-refractivity contribution in [2.75, 3.05) is 0 Å². The van der Waals surface area contributed by atoms with Crippen molar-refractivity contribution in [1.29, 1.82) is 0 Å². The fourth-order valence-corrected chi connectivity index (χ4v) is 8.58. The van der Waals surface area contributed by atoms with Crippen molar-refractivity contribution in [3.63, 3.8) is 0 Å². The van der Waals surface area contributed by atoms with Gasteiger partial charge in [0.1, 0.15) is 10.6 Å². The zero-order chi connectivity index (χ0) is 29.0. The Morgan fingerprint density at radius 1 is 1.10 bits per heavy atom. The highest BCUT2D eigenvalue weighted by Crippen LogP contribution is 2.59. The van der Waals surface area contributed by atoms with Crippen LogP contribution in [-0.4, -0.2) is 37.6 Å². The van der Waals surface area contributed by atoms with Gasteiger partial charge in [-0.15, -0.1) is 0 Å². The van der Waals surface area contributed by atoms with Crippen molar-refractivity contribution in [2.45, 2.75) is 73.5 Å². The summed E-state index contributed by atoms with van der Waals surface area (Å²) in [4.78, 5) is 24.1. The van der Waals surface area contributed by atoms with Gasteiger partial charge in [0.05, 0.1) is 11.3 Å². The maximum absolute atomic E-state index is 14.8. The van der Waals surface area contributed by atoms with Crippen LogP contribution in [0.4, 0.5) is 22.0 Å². The van der Waals surface area contributed by atoms with Gasteiger partial charge in [0.2, 0.25) is 11.6 Å². The number of hydrogen-bond donors (Lipinski definition) is 2. The SMILES string of the molecule is C[C@H](CC(=O)O)NC(=O)[C@@H]1CC[C@@]2(S(=O)(=O)c3ccc(F)cc3)c3ccc(C(C)(F)C(F)(F)F)cc3CC[C@@H]12. The van der Waals surface area contributed by atoms with Crippen LogP contribution < -0.4 is 5.32 Å². The molecule has 1 unspecified atom stereocenters. The molecule has 212 valence electrons. The van der Waals surface area contributed by atoms with Crippen molar-refractivity contribution in [1.82, 2.24) is 5.32 Å². The van der Waals surface area contributed by atoms with Crippen molar-refractivity contribution >= 4 is 21.7 Å². The fraction of sp³-hybridized carbons (Fsp3) is 0.481. The molecule has 0 spiro atoms. The van der Waals surface area contributed by atoms with Crippen LogP contribution in [0, 0.1) is 17.7 Å². The lowest BCUT2D eigenvalue weighted by molar-refractivity contribution is -0.228. The summed E-state index contributed by atoms with van der Waals surface area (Å²) in [5, 5.41) is 11.7. The third-order valence-electron chi connectivity index (χ3n) is 8.08. The van der Waals surface area contributed by atoms with Crippen LogP contribution >= 0.6 is 0 Å². The van der Waals surface area contributed by atoms with E-state index in [1.54, 1.807) is 0 Å². The summed E-state index contributed by atoms with van der Waals surface area (Å²) in [6.07, 6.45) is -5.26. The van der Waals surface area contributed by atoms with Crippen LogP contribution in [0.1, 0.15) is 56.2 Å². The number of alkyl halides is 4. The molecule has 1 amide bonds. The van der Waals surface area contributed by atoms with E-state index in [9.17, 15) is 40.0 Å². The first kappa shape index (κ1) is 29.0. The monoisotopic (exact) mass is 573 g/mol. The van der Waals surface area contributed by atoms with Gasteiger partial charge in [-0.25, -0.2) is 17.2 Å². The molecule has 5 atom stereocenters. The molecule has 0 saturated heterocycles. The molecule has 12 heteroatoms. The third kappa shape index (κ3) is 4.81. The summed E-state index contributed by atoms with van der Waals surface area (Å²) >= 11 is 0. The molecule has 1 fully saturated rings. The summed E-state index contributed by atoms with van der Waals surface area (Å²) in [6, 6.07) is 6.62. The van der Waals surface area contributed by atoms with Crippen LogP contribution in [0.2, 0.25) is 0 Å². The van der Waals surface area contributed by atoms with E-state index in [4.69, 9.17) is 5.11 Å². The van der Waals surface area contributed by atoms with Crippen LogP contribution in [0.5, 0.6) is 0 Å². The number of carboxylic acid groups (broad SMARTS) is 1. The normalized spacial score (nSPS) is 25.2. The molecule has 0 aromatic heterocycles. The second-order valence-corrected chi connectivity index (χ2v) is 12.7. The largest absolute Gasteiger partial charge is 0.481 e. The molecule has 2 aromatic carbocycles. The second-order valence-electron chi connectivity index (χ2n) is 10.5. The van der Waals surface area contributed by atoms with Crippen LogP contribution in [0.15, 0.2) is 47.4 Å². The number of halogens is 5. The van der Waals surface area contributed by atoms with Crippen molar-refractivity contribution in [2.24, 2.45) is 11.8 Å². The Hall–Kier alpha value is -3.02. The van der Waals surface area contributed by atoms with Gasteiger partial charge in [0, 0.05) is 12.0 Å². The van der Waals surface area contributed by atoms with E-state index in [1.807, 2.05) is 0 Å². The molecule has 2 N–H and O–H groups in total. The summed E-state index contributed by atoms with van der Waals surface area (Å²) < 4.78 is 95.5. The lowest BCUT2D eigenvalue weighted by Crippen LogP contribution is -2.48. The van der Waals surface area contributed by atoms with Crippen molar-refractivity contribution in [3.8, 4) is 0 Å². The second kappa shape index (κ2) is 9.87. The summed E-state index contributed by atoms with van der Waals surface area (Å²) in [7, 11) is -4.34. The number of sulfone groups is 1.